The molecule has 0 spiro atoms. The Morgan fingerprint density at radius 3 is 2.71 bits per heavy atom. The monoisotopic (exact) mass is 230 g/mol. The zero-order valence-electron chi connectivity index (χ0n) is 10.0. The molecule has 0 radical (unpaired) electrons. The van der Waals surface area contributed by atoms with E-state index in [1.54, 1.807) is 6.20 Å². The van der Waals surface area contributed by atoms with Gasteiger partial charge in [-0.25, -0.2) is 0 Å². The van der Waals surface area contributed by atoms with Crippen LogP contribution in [0.2, 0.25) is 0 Å². The predicted octanol–water partition coefficient (Wildman–Crippen LogP) is 2.37. The molecule has 3 heteroatoms. The van der Waals surface area contributed by atoms with Gasteiger partial charge in [0.2, 0.25) is 5.91 Å². The lowest BCUT2D eigenvalue weighted by Gasteiger charge is -2.31. The van der Waals surface area contributed by atoms with Crippen molar-refractivity contribution in [3.05, 3.63) is 30.1 Å². The molecule has 0 unspecified atom stereocenters. The Balaban J connectivity index is 1.69. The van der Waals surface area contributed by atoms with Gasteiger partial charge in [-0.05, 0) is 37.3 Å². The van der Waals surface area contributed by atoms with Gasteiger partial charge in [-0.1, -0.05) is 12.5 Å². The molecule has 0 saturated heterocycles. The molecule has 3 rings (SSSR count). The fraction of sp³-hybridized carbons (Fsp3) is 0.571. The number of amides is 1. The van der Waals surface area contributed by atoms with Crippen LogP contribution in [0.3, 0.4) is 0 Å². The summed E-state index contributed by atoms with van der Waals surface area (Å²) in [4.78, 5) is 18.5. The first-order valence-corrected chi connectivity index (χ1v) is 6.54. The lowest BCUT2D eigenvalue weighted by Crippen LogP contribution is -2.39. The van der Waals surface area contributed by atoms with E-state index in [-0.39, 0.29) is 0 Å². The third kappa shape index (κ3) is 2.33. The maximum Gasteiger partial charge on any atom is 0.226 e. The van der Waals surface area contributed by atoms with Crippen molar-refractivity contribution in [2.24, 2.45) is 5.92 Å². The number of rotatable bonds is 4. The minimum Gasteiger partial charge on any atom is -0.335 e. The van der Waals surface area contributed by atoms with Crippen LogP contribution in [-0.2, 0) is 11.3 Å². The maximum absolute atomic E-state index is 12.3. The molecule has 1 aromatic rings. The molecule has 2 saturated carbocycles. The zero-order chi connectivity index (χ0) is 11.7. The van der Waals surface area contributed by atoms with Gasteiger partial charge in [0.05, 0.1) is 0 Å². The summed E-state index contributed by atoms with van der Waals surface area (Å²) in [7, 11) is 0. The number of pyridine rings is 1. The average Bonchev–Trinajstić information content (AvgIpc) is 3.08. The van der Waals surface area contributed by atoms with E-state index in [9.17, 15) is 4.79 Å². The van der Waals surface area contributed by atoms with Crippen molar-refractivity contribution in [2.45, 2.75) is 44.7 Å². The Kier molecular flexibility index (Phi) is 2.83. The normalized spacial score (nSPS) is 19.8. The summed E-state index contributed by atoms with van der Waals surface area (Å²) in [6.45, 7) is 0.744. The van der Waals surface area contributed by atoms with Gasteiger partial charge in [-0.15, -0.1) is 0 Å². The first-order valence-electron chi connectivity index (χ1n) is 6.54. The van der Waals surface area contributed by atoms with Crippen LogP contribution in [0.5, 0.6) is 0 Å². The van der Waals surface area contributed by atoms with E-state index in [0.717, 1.165) is 24.9 Å². The second kappa shape index (κ2) is 4.47. The summed E-state index contributed by atoms with van der Waals surface area (Å²) >= 11 is 0. The van der Waals surface area contributed by atoms with E-state index in [1.807, 2.05) is 12.3 Å². The topological polar surface area (TPSA) is 33.2 Å². The summed E-state index contributed by atoms with van der Waals surface area (Å²) in [5.74, 6) is 0.690. The van der Waals surface area contributed by atoms with Crippen molar-refractivity contribution < 1.29 is 4.79 Å². The van der Waals surface area contributed by atoms with Crippen LogP contribution in [0.1, 0.15) is 37.7 Å². The molecule has 2 aliphatic rings. The highest BCUT2D eigenvalue weighted by molar-refractivity contribution is 5.80. The van der Waals surface area contributed by atoms with Gasteiger partial charge in [0, 0.05) is 30.9 Å². The molecule has 0 aromatic carbocycles. The summed E-state index contributed by atoms with van der Waals surface area (Å²) < 4.78 is 0. The number of carbonyl (C=O) groups is 1. The summed E-state index contributed by atoms with van der Waals surface area (Å²) in [6, 6.07) is 4.49. The minimum atomic E-state index is 0.312. The highest BCUT2D eigenvalue weighted by Gasteiger charge is 2.37. The van der Waals surface area contributed by atoms with Crippen LogP contribution in [0.4, 0.5) is 0 Å². The molecule has 90 valence electrons. The lowest BCUT2D eigenvalue weighted by atomic mass is 9.84. The average molecular weight is 230 g/mol. The van der Waals surface area contributed by atoms with Gasteiger partial charge < -0.3 is 4.90 Å². The summed E-state index contributed by atoms with van der Waals surface area (Å²) in [5, 5.41) is 0. The van der Waals surface area contributed by atoms with E-state index < -0.39 is 0 Å². The fourth-order valence-corrected chi connectivity index (χ4v) is 2.35. The fourth-order valence-electron chi connectivity index (χ4n) is 2.35. The maximum atomic E-state index is 12.3. The molecular weight excluding hydrogens is 212 g/mol. The molecule has 0 bridgehead atoms. The van der Waals surface area contributed by atoms with E-state index in [0.29, 0.717) is 17.9 Å². The molecule has 2 aliphatic carbocycles. The lowest BCUT2D eigenvalue weighted by molar-refractivity contribution is -0.139. The predicted molar refractivity (Wildman–Crippen MR) is 65.2 cm³/mol. The Labute approximate surface area is 102 Å². The summed E-state index contributed by atoms with van der Waals surface area (Å²) in [5.41, 5.74) is 1.15. The van der Waals surface area contributed by atoms with Gasteiger partial charge >= 0.3 is 0 Å². The van der Waals surface area contributed by atoms with Crippen molar-refractivity contribution >= 4 is 5.91 Å². The smallest absolute Gasteiger partial charge is 0.226 e. The molecule has 1 aromatic heterocycles. The third-order valence-electron chi connectivity index (χ3n) is 3.80. The molecule has 3 nitrogen and oxygen atoms in total. The van der Waals surface area contributed by atoms with Crippen molar-refractivity contribution in [3.63, 3.8) is 0 Å². The minimum absolute atomic E-state index is 0.312. The third-order valence-corrected chi connectivity index (χ3v) is 3.80. The van der Waals surface area contributed by atoms with E-state index in [2.05, 4.69) is 16.0 Å². The standard InChI is InChI=1S/C14H18N2O/c17-14(12-4-1-5-12)16(13-6-7-13)10-11-3-2-8-15-9-11/h2-3,8-9,12-13H,1,4-7,10H2. The number of aromatic nitrogens is 1. The molecular formula is C14H18N2O. The summed E-state index contributed by atoms with van der Waals surface area (Å²) in [6.07, 6.45) is 9.41. The van der Waals surface area contributed by atoms with Gasteiger partial charge in [0.1, 0.15) is 0 Å². The molecule has 0 N–H and O–H groups in total. The quantitative estimate of drug-likeness (QED) is 0.795. The van der Waals surface area contributed by atoms with E-state index >= 15 is 0 Å². The highest BCUT2D eigenvalue weighted by atomic mass is 16.2. The number of hydrogen-bond acceptors (Lipinski definition) is 2. The van der Waals surface area contributed by atoms with Crippen LogP contribution >= 0.6 is 0 Å². The van der Waals surface area contributed by atoms with Gasteiger partial charge in [0.15, 0.2) is 0 Å². The van der Waals surface area contributed by atoms with Crippen molar-refractivity contribution in [1.29, 1.82) is 0 Å². The molecule has 1 amide bonds. The second-order valence-corrected chi connectivity index (χ2v) is 5.19. The van der Waals surface area contributed by atoms with Crippen molar-refractivity contribution in [3.8, 4) is 0 Å². The van der Waals surface area contributed by atoms with Crippen LogP contribution < -0.4 is 0 Å². The van der Waals surface area contributed by atoms with Crippen LogP contribution in [-0.4, -0.2) is 21.8 Å². The van der Waals surface area contributed by atoms with E-state index in [4.69, 9.17) is 0 Å². The molecule has 0 aliphatic heterocycles. The van der Waals surface area contributed by atoms with Gasteiger partial charge in [0.25, 0.3) is 0 Å². The van der Waals surface area contributed by atoms with Crippen LogP contribution in [0, 0.1) is 5.92 Å². The molecule has 17 heavy (non-hydrogen) atoms. The van der Waals surface area contributed by atoms with E-state index in [1.165, 1.54) is 19.3 Å². The van der Waals surface area contributed by atoms with Gasteiger partial charge in [-0.3, -0.25) is 9.78 Å². The number of nitrogens with zero attached hydrogens (tertiary/aromatic N) is 2. The zero-order valence-corrected chi connectivity index (χ0v) is 10.0. The van der Waals surface area contributed by atoms with Crippen molar-refractivity contribution in [2.75, 3.05) is 0 Å². The number of carbonyl (C=O) groups excluding carboxylic acids is 1. The molecule has 0 atom stereocenters. The Bertz CT molecular complexity index is 396. The van der Waals surface area contributed by atoms with Crippen LogP contribution in [0.15, 0.2) is 24.5 Å². The Morgan fingerprint density at radius 1 is 1.35 bits per heavy atom. The SMILES string of the molecule is O=C(C1CCC1)N(Cc1cccnc1)C1CC1. The highest BCUT2D eigenvalue weighted by Crippen LogP contribution is 2.34. The van der Waals surface area contributed by atoms with Crippen LogP contribution in [0.25, 0.3) is 0 Å². The second-order valence-electron chi connectivity index (χ2n) is 5.19. The first kappa shape index (κ1) is 10.8. The Morgan fingerprint density at radius 2 is 2.18 bits per heavy atom. The van der Waals surface area contributed by atoms with Gasteiger partial charge in [-0.2, -0.15) is 0 Å². The number of hydrogen-bond donors (Lipinski definition) is 0. The Hall–Kier alpha value is -1.38. The largest absolute Gasteiger partial charge is 0.335 e. The van der Waals surface area contributed by atoms with Crippen molar-refractivity contribution in [1.82, 2.24) is 9.88 Å². The first-order chi connectivity index (χ1) is 8.34. The molecule has 1 heterocycles. The molecule has 2 fully saturated rings.